The second-order valence-corrected chi connectivity index (χ2v) is 5.04. The Morgan fingerprint density at radius 2 is 1.95 bits per heavy atom. The van der Waals surface area contributed by atoms with Crippen molar-refractivity contribution >= 4 is 11.6 Å². The normalized spacial score (nSPS) is 10.8. The third kappa shape index (κ3) is 2.82. The summed E-state index contributed by atoms with van der Waals surface area (Å²) >= 11 is 0. The van der Waals surface area contributed by atoms with Gasteiger partial charge in [-0.2, -0.15) is 5.10 Å². The van der Waals surface area contributed by atoms with Crippen molar-refractivity contribution in [3.8, 4) is 0 Å². The fourth-order valence-electron chi connectivity index (χ4n) is 2.24. The fourth-order valence-corrected chi connectivity index (χ4v) is 2.24. The Balaban J connectivity index is 1.76. The number of aliphatic hydroxyl groups excluding tert-OH is 1. The predicted molar refractivity (Wildman–Crippen MR) is 81.3 cm³/mol. The number of amides is 1. The number of benzene rings is 1. The molecule has 3 aromatic rings. The van der Waals surface area contributed by atoms with Crippen LogP contribution in [0.1, 0.15) is 27.3 Å². The van der Waals surface area contributed by atoms with Gasteiger partial charge in [-0.3, -0.25) is 4.79 Å². The lowest BCUT2D eigenvalue weighted by Gasteiger charge is -2.08. The molecule has 2 heterocycles. The second-order valence-electron chi connectivity index (χ2n) is 5.04. The summed E-state index contributed by atoms with van der Waals surface area (Å²) in [6.45, 7) is 2.27. The van der Waals surface area contributed by atoms with E-state index in [0.29, 0.717) is 17.9 Å². The number of carbonyl (C=O) groups excluding carboxylic acids is 1. The summed E-state index contributed by atoms with van der Waals surface area (Å²) in [4.78, 5) is 16.7. The van der Waals surface area contributed by atoms with Gasteiger partial charge in [0.25, 0.3) is 5.91 Å². The highest BCUT2D eigenvalue weighted by molar-refractivity contribution is 5.93. The topological polar surface area (TPSA) is 79.5 Å². The number of nitrogens with one attached hydrogen (secondary N) is 1. The number of aryl methyl sites for hydroxylation is 1. The van der Waals surface area contributed by atoms with E-state index in [-0.39, 0.29) is 12.5 Å². The lowest BCUT2D eigenvalue weighted by atomic mass is 10.1. The van der Waals surface area contributed by atoms with E-state index >= 15 is 0 Å². The Morgan fingerprint density at radius 3 is 2.68 bits per heavy atom. The molecule has 6 nitrogen and oxygen atoms in total. The molecule has 3 rings (SSSR count). The summed E-state index contributed by atoms with van der Waals surface area (Å²) in [6.07, 6.45) is 1.62. The number of aliphatic hydroxyl groups is 1. The maximum Gasteiger partial charge on any atom is 0.270 e. The lowest BCUT2D eigenvalue weighted by molar-refractivity contribution is 0.0943. The molecule has 1 aromatic carbocycles. The summed E-state index contributed by atoms with van der Waals surface area (Å²) in [7, 11) is 0. The van der Waals surface area contributed by atoms with E-state index in [1.165, 1.54) is 4.52 Å². The maximum absolute atomic E-state index is 12.4. The van der Waals surface area contributed by atoms with Gasteiger partial charge in [0.05, 0.1) is 12.8 Å². The van der Waals surface area contributed by atoms with Crippen LogP contribution in [-0.2, 0) is 13.2 Å². The van der Waals surface area contributed by atoms with Gasteiger partial charge < -0.3 is 10.4 Å². The van der Waals surface area contributed by atoms with Crippen LogP contribution in [0.2, 0.25) is 0 Å². The molecule has 6 heteroatoms. The van der Waals surface area contributed by atoms with Gasteiger partial charge in [0.2, 0.25) is 0 Å². The first kappa shape index (κ1) is 14.2. The average Bonchev–Trinajstić information content (AvgIpc) is 3.00. The molecule has 0 saturated carbocycles. The molecule has 0 aliphatic heterocycles. The van der Waals surface area contributed by atoms with Crippen LogP contribution in [0.5, 0.6) is 0 Å². The highest BCUT2D eigenvalue weighted by atomic mass is 16.3. The Hall–Kier alpha value is -2.73. The first-order valence-electron chi connectivity index (χ1n) is 6.95. The van der Waals surface area contributed by atoms with Crippen LogP contribution in [0.4, 0.5) is 0 Å². The minimum absolute atomic E-state index is 0.0141. The van der Waals surface area contributed by atoms with E-state index in [1.807, 2.05) is 31.2 Å². The summed E-state index contributed by atoms with van der Waals surface area (Å²) in [5, 5.41) is 16.0. The molecule has 22 heavy (non-hydrogen) atoms. The van der Waals surface area contributed by atoms with Crippen molar-refractivity contribution in [1.82, 2.24) is 19.9 Å². The van der Waals surface area contributed by atoms with E-state index in [4.69, 9.17) is 5.11 Å². The molecule has 2 aromatic heterocycles. The molecule has 1 amide bonds. The Bertz CT molecular complexity index is 809. The van der Waals surface area contributed by atoms with Gasteiger partial charge in [0.1, 0.15) is 5.69 Å². The average molecular weight is 296 g/mol. The van der Waals surface area contributed by atoms with E-state index in [2.05, 4.69) is 15.4 Å². The van der Waals surface area contributed by atoms with Gasteiger partial charge in [-0.05, 0) is 24.1 Å². The molecular formula is C16H16N4O2. The Labute approximate surface area is 127 Å². The molecular weight excluding hydrogens is 280 g/mol. The first-order chi connectivity index (χ1) is 10.7. The maximum atomic E-state index is 12.4. The standard InChI is InChI=1S/C16H16N4O2/c1-11-8-14(20-15(19-11)6-7-18-20)16(22)17-9-12-2-4-13(10-21)5-3-12/h2-8,21H,9-10H2,1H3,(H,17,22). The molecule has 2 N–H and O–H groups in total. The number of carbonyl (C=O) groups is 1. The van der Waals surface area contributed by atoms with Crippen LogP contribution in [0.3, 0.4) is 0 Å². The number of hydrogen-bond donors (Lipinski definition) is 2. The van der Waals surface area contributed by atoms with Crippen molar-refractivity contribution in [3.05, 3.63) is 65.1 Å². The number of aromatic nitrogens is 3. The van der Waals surface area contributed by atoms with Gasteiger partial charge in [-0.15, -0.1) is 0 Å². The van der Waals surface area contributed by atoms with E-state index in [0.717, 1.165) is 16.8 Å². The van der Waals surface area contributed by atoms with Crippen LogP contribution >= 0.6 is 0 Å². The molecule has 0 spiro atoms. The van der Waals surface area contributed by atoms with Crippen molar-refractivity contribution in [1.29, 1.82) is 0 Å². The number of fused-ring (bicyclic) bond motifs is 1. The predicted octanol–water partition coefficient (Wildman–Crippen LogP) is 1.46. The molecule has 0 fully saturated rings. The van der Waals surface area contributed by atoms with Crippen LogP contribution in [0, 0.1) is 6.92 Å². The van der Waals surface area contributed by atoms with Gasteiger partial charge in [-0.25, -0.2) is 9.50 Å². The van der Waals surface area contributed by atoms with Crippen molar-refractivity contribution < 1.29 is 9.90 Å². The smallest absolute Gasteiger partial charge is 0.270 e. The van der Waals surface area contributed by atoms with Crippen LogP contribution < -0.4 is 5.32 Å². The molecule has 0 radical (unpaired) electrons. The minimum atomic E-state index is -0.203. The zero-order valence-electron chi connectivity index (χ0n) is 12.2. The number of nitrogens with zero attached hydrogens (tertiary/aromatic N) is 3. The molecule has 0 saturated heterocycles. The SMILES string of the molecule is Cc1cc(C(=O)NCc2ccc(CO)cc2)n2nccc2n1. The van der Waals surface area contributed by atoms with Crippen molar-refractivity contribution in [3.63, 3.8) is 0 Å². The van der Waals surface area contributed by atoms with Gasteiger partial charge in [0.15, 0.2) is 5.65 Å². The molecule has 0 bridgehead atoms. The quantitative estimate of drug-likeness (QED) is 0.764. The number of hydrogen-bond acceptors (Lipinski definition) is 4. The Kier molecular flexibility index (Phi) is 3.84. The second kappa shape index (κ2) is 5.95. The third-order valence-electron chi connectivity index (χ3n) is 3.38. The molecule has 0 aliphatic rings. The summed E-state index contributed by atoms with van der Waals surface area (Å²) in [6, 6.07) is 10.9. The fraction of sp³-hybridized carbons (Fsp3) is 0.188. The van der Waals surface area contributed by atoms with Crippen LogP contribution in [-0.4, -0.2) is 25.6 Å². The zero-order valence-corrected chi connectivity index (χ0v) is 12.2. The molecule has 112 valence electrons. The van der Waals surface area contributed by atoms with E-state index in [1.54, 1.807) is 18.3 Å². The van der Waals surface area contributed by atoms with Crippen molar-refractivity contribution in [2.24, 2.45) is 0 Å². The molecule has 0 aliphatic carbocycles. The summed E-state index contributed by atoms with van der Waals surface area (Å²) in [5.74, 6) is -0.203. The van der Waals surface area contributed by atoms with Crippen LogP contribution in [0.25, 0.3) is 5.65 Å². The van der Waals surface area contributed by atoms with E-state index in [9.17, 15) is 4.79 Å². The molecule has 0 unspecified atom stereocenters. The van der Waals surface area contributed by atoms with Crippen molar-refractivity contribution in [2.45, 2.75) is 20.1 Å². The first-order valence-corrected chi connectivity index (χ1v) is 6.95. The third-order valence-corrected chi connectivity index (χ3v) is 3.38. The summed E-state index contributed by atoms with van der Waals surface area (Å²) < 4.78 is 1.52. The van der Waals surface area contributed by atoms with E-state index < -0.39 is 0 Å². The van der Waals surface area contributed by atoms with Crippen molar-refractivity contribution in [2.75, 3.05) is 0 Å². The van der Waals surface area contributed by atoms with Gasteiger partial charge in [0, 0.05) is 18.3 Å². The van der Waals surface area contributed by atoms with Gasteiger partial charge >= 0.3 is 0 Å². The van der Waals surface area contributed by atoms with Crippen LogP contribution in [0.15, 0.2) is 42.6 Å². The highest BCUT2D eigenvalue weighted by Crippen LogP contribution is 2.08. The zero-order chi connectivity index (χ0) is 15.5. The summed E-state index contributed by atoms with van der Waals surface area (Å²) in [5.41, 5.74) is 3.69. The van der Waals surface area contributed by atoms with Gasteiger partial charge in [-0.1, -0.05) is 24.3 Å². The monoisotopic (exact) mass is 296 g/mol. The lowest BCUT2D eigenvalue weighted by Crippen LogP contribution is -2.25. The largest absolute Gasteiger partial charge is 0.392 e. The number of rotatable bonds is 4. The minimum Gasteiger partial charge on any atom is -0.392 e. The molecule has 0 atom stereocenters. The highest BCUT2D eigenvalue weighted by Gasteiger charge is 2.12. The Morgan fingerprint density at radius 1 is 1.23 bits per heavy atom.